The molecular formula is C21H21FN6O2. The molecule has 1 aliphatic heterocycles. The fourth-order valence-corrected chi connectivity index (χ4v) is 3.49. The lowest BCUT2D eigenvalue weighted by molar-refractivity contribution is 0.0787. The summed E-state index contributed by atoms with van der Waals surface area (Å²) in [6, 6.07) is 4.12. The highest BCUT2D eigenvalue weighted by molar-refractivity contribution is 5.98. The monoisotopic (exact) mass is 408 g/mol. The maximum absolute atomic E-state index is 13.7. The van der Waals surface area contributed by atoms with E-state index in [1.54, 1.807) is 36.2 Å². The number of halogens is 1. The lowest BCUT2D eigenvalue weighted by Gasteiger charge is -2.15. The van der Waals surface area contributed by atoms with Gasteiger partial charge in [-0.25, -0.2) is 9.37 Å². The lowest BCUT2D eigenvalue weighted by Crippen LogP contribution is -2.25. The average molecular weight is 408 g/mol. The van der Waals surface area contributed by atoms with Gasteiger partial charge in [0.15, 0.2) is 11.5 Å². The van der Waals surface area contributed by atoms with Crippen molar-refractivity contribution in [3.63, 3.8) is 0 Å². The van der Waals surface area contributed by atoms with Gasteiger partial charge in [-0.3, -0.25) is 14.3 Å². The van der Waals surface area contributed by atoms with Crippen LogP contribution in [0.25, 0.3) is 17.3 Å². The second-order valence-corrected chi connectivity index (χ2v) is 7.02. The molecular weight excluding hydrogens is 387 g/mol. The molecule has 0 aliphatic carbocycles. The first kappa shape index (κ1) is 19.7. The summed E-state index contributed by atoms with van der Waals surface area (Å²) in [5.74, 6) is 0.0394. The molecule has 8 nitrogen and oxygen atoms in total. The van der Waals surface area contributed by atoms with Gasteiger partial charge in [-0.2, -0.15) is 4.98 Å². The molecule has 0 unspecified atom stereocenters. The van der Waals surface area contributed by atoms with Crippen molar-refractivity contribution >= 4 is 5.91 Å². The predicted octanol–water partition coefficient (Wildman–Crippen LogP) is 2.82. The quantitative estimate of drug-likeness (QED) is 0.560. The molecule has 154 valence electrons. The second kappa shape index (κ2) is 8.03. The molecule has 1 aromatic carbocycles. The van der Waals surface area contributed by atoms with E-state index in [0.29, 0.717) is 42.5 Å². The Kier molecular flexibility index (Phi) is 5.28. The maximum atomic E-state index is 13.7. The van der Waals surface area contributed by atoms with Crippen molar-refractivity contribution in [3.05, 3.63) is 72.7 Å². The first-order valence-electron chi connectivity index (χ1n) is 9.40. The molecule has 1 aliphatic rings. The summed E-state index contributed by atoms with van der Waals surface area (Å²) in [4.78, 5) is 25.2. The Hall–Kier alpha value is -3.59. The third kappa shape index (κ3) is 3.55. The highest BCUT2D eigenvalue weighted by atomic mass is 19.1. The molecule has 0 saturated carbocycles. The molecule has 1 amide bonds. The first-order chi connectivity index (χ1) is 14.5. The predicted molar refractivity (Wildman–Crippen MR) is 108 cm³/mol. The average Bonchev–Trinajstić information content (AvgIpc) is 3.32. The molecule has 0 spiro atoms. The van der Waals surface area contributed by atoms with E-state index in [9.17, 15) is 9.18 Å². The van der Waals surface area contributed by atoms with Crippen molar-refractivity contribution in [2.75, 3.05) is 20.1 Å². The van der Waals surface area contributed by atoms with Gasteiger partial charge >= 0.3 is 0 Å². The third-order valence-electron chi connectivity index (χ3n) is 4.86. The van der Waals surface area contributed by atoms with Gasteiger partial charge in [0.05, 0.1) is 30.0 Å². The van der Waals surface area contributed by atoms with Crippen LogP contribution in [0.5, 0.6) is 0 Å². The number of hydrogen-bond acceptors (Lipinski definition) is 6. The molecule has 0 atom stereocenters. The van der Waals surface area contributed by atoms with Gasteiger partial charge in [0.1, 0.15) is 12.1 Å². The number of nitrogens with zero attached hydrogens (tertiary/aromatic N) is 6. The van der Waals surface area contributed by atoms with Crippen LogP contribution >= 0.6 is 0 Å². The summed E-state index contributed by atoms with van der Waals surface area (Å²) in [6.45, 7) is 9.57. The normalized spacial score (nSPS) is 13.2. The van der Waals surface area contributed by atoms with E-state index >= 15 is 0 Å². The van der Waals surface area contributed by atoms with Crippen LogP contribution in [0.4, 0.5) is 4.39 Å². The number of carbonyl (C=O) groups excluding carboxylic acids is 1. The molecule has 0 N–H and O–H groups in total. The lowest BCUT2D eigenvalue weighted by atomic mass is 10.1. The maximum Gasteiger partial charge on any atom is 0.278 e. The number of carbonyl (C=O) groups is 1. The Morgan fingerprint density at radius 3 is 2.80 bits per heavy atom. The van der Waals surface area contributed by atoms with Gasteiger partial charge < -0.3 is 9.42 Å². The summed E-state index contributed by atoms with van der Waals surface area (Å²) in [6.07, 6.45) is 5.18. The number of amides is 1. The number of rotatable bonds is 7. The summed E-state index contributed by atoms with van der Waals surface area (Å²) in [5, 5.41) is 4.06. The van der Waals surface area contributed by atoms with Crippen LogP contribution in [-0.4, -0.2) is 55.5 Å². The Balaban J connectivity index is 1.70. The van der Waals surface area contributed by atoms with E-state index < -0.39 is 5.82 Å². The largest absolute Gasteiger partial charge is 0.336 e. The van der Waals surface area contributed by atoms with Crippen LogP contribution in [0.3, 0.4) is 0 Å². The van der Waals surface area contributed by atoms with Crippen molar-refractivity contribution in [3.8, 4) is 17.3 Å². The minimum absolute atomic E-state index is 0.265. The molecule has 2 aromatic heterocycles. The van der Waals surface area contributed by atoms with Crippen LogP contribution in [0.2, 0.25) is 0 Å². The van der Waals surface area contributed by atoms with E-state index in [-0.39, 0.29) is 23.9 Å². The van der Waals surface area contributed by atoms with Gasteiger partial charge in [0.2, 0.25) is 0 Å². The number of imidazole rings is 1. The fourth-order valence-electron chi connectivity index (χ4n) is 3.49. The summed E-state index contributed by atoms with van der Waals surface area (Å²) in [5.41, 5.74) is 2.03. The fraction of sp³-hybridized carbons (Fsp3) is 0.238. The van der Waals surface area contributed by atoms with E-state index in [4.69, 9.17) is 4.52 Å². The molecule has 0 saturated heterocycles. The van der Waals surface area contributed by atoms with Crippen molar-refractivity contribution < 1.29 is 13.7 Å². The molecule has 30 heavy (non-hydrogen) atoms. The van der Waals surface area contributed by atoms with Crippen LogP contribution in [-0.2, 0) is 13.1 Å². The van der Waals surface area contributed by atoms with Crippen molar-refractivity contribution in [2.45, 2.75) is 13.1 Å². The number of hydrogen-bond donors (Lipinski definition) is 0. The van der Waals surface area contributed by atoms with Crippen molar-refractivity contribution in [2.24, 2.45) is 0 Å². The Morgan fingerprint density at radius 1 is 1.30 bits per heavy atom. The standard InChI is InChI=1S/C21H21FN6O2/c1-4-8-27(9-5-2)12-18-24-20(30-25-18)19-17-11-26(3)21(29)15-10-14(22)6-7-16(15)28(17)13-23-19/h4-7,10,13H,1-2,8-9,11-12H2,3H3. The van der Waals surface area contributed by atoms with Crippen molar-refractivity contribution in [1.29, 1.82) is 0 Å². The highest BCUT2D eigenvalue weighted by Crippen LogP contribution is 2.30. The number of aromatic nitrogens is 4. The van der Waals surface area contributed by atoms with E-state index in [1.807, 2.05) is 0 Å². The summed E-state index contributed by atoms with van der Waals surface area (Å²) >= 11 is 0. The second-order valence-electron chi connectivity index (χ2n) is 7.02. The minimum atomic E-state index is -0.468. The van der Waals surface area contributed by atoms with Gasteiger partial charge in [-0.05, 0) is 18.2 Å². The Bertz CT molecular complexity index is 1110. The van der Waals surface area contributed by atoms with Crippen LogP contribution in [0.1, 0.15) is 21.9 Å². The minimum Gasteiger partial charge on any atom is -0.336 e. The van der Waals surface area contributed by atoms with Gasteiger partial charge in [-0.15, -0.1) is 13.2 Å². The smallest absolute Gasteiger partial charge is 0.278 e. The zero-order chi connectivity index (χ0) is 21.3. The van der Waals surface area contributed by atoms with Crippen LogP contribution < -0.4 is 0 Å². The zero-order valence-electron chi connectivity index (χ0n) is 16.6. The van der Waals surface area contributed by atoms with Gasteiger partial charge in [-0.1, -0.05) is 17.3 Å². The zero-order valence-corrected chi connectivity index (χ0v) is 16.6. The summed E-state index contributed by atoms with van der Waals surface area (Å²) in [7, 11) is 1.66. The summed E-state index contributed by atoms with van der Waals surface area (Å²) < 4.78 is 21.0. The molecule has 0 bridgehead atoms. The molecule has 0 radical (unpaired) electrons. The Morgan fingerprint density at radius 2 is 2.07 bits per heavy atom. The molecule has 0 fully saturated rings. The highest BCUT2D eigenvalue weighted by Gasteiger charge is 2.29. The molecule has 4 rings (SSSR count). The van der Waals surface area contributed by atoms with E-state index in [1.165, 1.54) is 17.0 Å². The Labute approximate surface area is 172 Å². The molecule has 3 heterocycles. The van der Waals surface area contributed by atoms with Gasteiger partial charge in [0.25, 0.3) is 11.8 Å². The number of fused-ring (bicyclic) bond motifs is 3. The van der Waals surface area contributed by atoms with E-state index in [0.717, 1.165) is 0 Å². The molecule has 3 aromatic rings. The van der Waals surface area contributed by atoms with E-state index in [2.05, 4.69) is 33.2 Å². The first-order valence-corrected chi connectivity index (χ1v) is 9.40. The third-order valence-corrected chi connectivity index (χ3v) is 4.86. The van der Waals surface area contributed by atoms with Crippen LogP contribution in [0.15, 0.2) is 54.4 Å². The molecule has 9 heteroatoms. The van der Waals surface area contributed by atoms with Crippen molar-refractivity contribution in [1.82, 2.24) is 29.5 Å². The van der Waals surface area contributed by atoms with Gasteiger partial charge in [0, 0.05) is 20.1 Å². The SMILES string of the molecule is C=CCN(CC=C)Cc1noc(-c2ncn3c2CN(C)C(=O)c2cc(F)ccc2-3)n1. The topological polar surface area (TPSA) is 80.3 Å². The number of benzene rings is 1. The van der Waals surface area contributed by atoms with Crippen LogP contribution in [0, 0.1) is 5.82 Å².